The fourth-order valence-electron chi connectivity index (χ4n) is 2.10. The number of piperazine rings is 1. The first-order valence-corrected chi connectivity index (χ1v) is 6.41. The first-order chi connectivity index (χ1) is 8.04. The lowest BCUT2D eigenvalue weighted by molar-refractivity contribution is -0.124. The Morgan fingerprint density at radius 2 is 2.18 bits per heavy atom. The Labute approximate surface area is 104 Å². The lowest BCUT2D eigenvalue weighted by atomic mass is 10.1. The van der Waals surface area contributed by atoms with Crippen molar-refractivity contribution >= 4 is 5.91 Å². The predicted molar refractivity (Wildman–Crippen MR) is 69.8 cm³/mol. The van der Waals surface area contributed by atoms with Gasteiger partial charge in [0.1, 0.15) is 0 Å². The van der Waals surface area contributed by atoms with Gasteiger partial charge in [-0.15, -0.1) is 0 Å². The Balaban J connectivity index is 2.31. The molecule has 0 bridgehead atoms. The van der Waals surface area contributed by atoms with Crippen molar-refractivity contribution in [1.29, 1.82) is 0 Å². The molecular weight excluding hydrogens is 216 g/mol. The molecule has 0 aromatic carbocycles. The maximum atomic E-state index is 11.8. The number of nitrogens with one attached hydrogen (secondary N) is 1. The van der Waals surface area contributed by atoms with Crippen LogP contribution >= 0.6 is 0 Å². The molecule has 1 fully saturated rings. The molecule has 0 aliphatic carbocycles. The number of nitrogens with two attached hydrogens (primary N) is 1. The number of likely N-dealkylation sites (N-methyl/N-ethyl adjacent to an activating group) is 2. The van der Waals surface area contributed by atoms with Crippen molar-refractivity contribution in [2.45, 2.75) is 19.4 Å². The highest BCUT2D eigenvalue weighted by Crippen LogP contribution is 2.05. The van der Waals surface area contributed by atoms with Crippen LogP contribution in [0.3, 0.4) is 0 Å². The topological polar surface area (TPSA) is 61.6 Å². The van der Waals surface area contributed by atoms with Gasteiger partial charge in [-0.25, -0.2) is 0 Å². The summed E-state index contributed by atoms with van der Waals surface area (Å²) in [6, 6.07) is 0.419. The molecule has 0 spiro atoms. The highest BCUT2D eigenvalue weighted by atomic mass is 16.1. The molecular formula is C12H26N4O. The van der Waals surface area contributed by atoms with Crippen LogP contribution in [0.15, 0.2) is 0 Å². The van der Waals surface area contributed by atoms with Crippen LogP contribution in [-0.4, -0.2) is 68.6 Å². The predicted octanol–water partition coefficient (Wildman–Crippen LogP) is -0.667. The number of carbonyl (C=O) groups is 1. The van der Waals surface area contributed by atoms with Gasteiger partial charge in [-0.1, -0.05) is 6.92 Å². The standard InChI is InChI=1S/C12H26N4O/c1-10(4-5-13)12(17)14-8-11-9-15(2)6-7-16(11)3/h10-11H,4-9,13H2,1-3H3,(H,14,17). The van der Waals surface area contributed by atoms with E-state index < -0.39 is 0 Å². The molecule has 0 saturated carbocycles. The zero-order valence-corrected chi connectivity index (χ0v) is 11.3. The Bertz CT molecular complexity index is 247. The number of carbonyl (C=O) groups excluding carboxylic acids is 1. The van der Waals surface area contributed by atoms with Crippen molar-refractivity contribution in [1.82, 2.24) is 15.1 Å². The quantitative estimate of drug-likeness (QED) is 0.671. The minimum absolute atomic E-state index is 0.0200. The Morgan fingerprint density at radius 3 is 2.82 bits per heavy atom. The molecule has 1 aliphatic heterocycles. The molecule has 2 unspecified atom stereocenters. The molecule has 5 nitrogen and oxygen atoms in total. The van der Waals surface area contributed by atoms with E-state index >= 15 is 0 Å². The fraction of sp³-hybridized carbons (Fsp3) is 0.917. The molecule has 1 rings (SSSR count). The van der Waals surface area contributed by atoms with Crippen LogP contribution in [0.5, 0.6) is 0 Å². The van der Waals surface area contributed by atoms with Crippen molar-refractivity contribution < 1.29 is 4.79 Å². The number of hydrogen-bond acceptors (Lipinski definition) is 4. The Kier molecular flexibility index (Phi) is 5.88. The highest BCUT2D eigenvalue weighted by Gasteiger charge is 2.23. The van der Waals surface area contributed by atoms with Crippen molar-refractivity contribution in [2.24, 2.45) is 11.7 Å². The second kappa shape index (κ2) is 6.93. The third kappa shape index (κ3) is 4.61. The fourth-order valence-corrected chi connectivity index (χ4v) is 2.10. The van der Waals surface area contributed by atoms with Crippen LogP contribution in [0.2, 0.25) is 0 Å². The van der Waals surface area contributed by atoms with E-state index in [4.69, 9.17) is 5.73 Å². The van der Waals surface area contributed by atoms with Crippen LogP contribution in [0, 0.1) is 5.92 Å². The van der Waals surface area contributed by atoms with Crippen LogP contribution < -0.4 is 11.1 Å². The van der Waals surface area contributed by atoms with E-state index in [2.05, 4.69) is 29.2 Å². The minimum atomic E-state index is 0.0200. The number of hydrogen-bond donors (Lipinski definition) is 2. The van der Waals surface area contributed by atoms with Gasteiger partial charge in [0.05, 0.1) is 0 Å². The van der Waals surface area contributed by atoms with Crippen LogP contribution in [0.1, 0.15) is 13.3 Å². The van der Waals surface area contributed by atoms with Crippen LogP contribution in [0.25, 0.3) is 0 Å². The highest BCUT2D eigenvalue weighted by molar-refractivity contribution is 5.78. The lowest BCUT2D eigenvalue weighted by Gasteiger charge is -2.37. The second-order valence-corrected chi connectivity index (χ2v) is 5.12. The molecule has 1 saturated heterocycles. The van der Waals surface area contributed by atoms with Gasteiger partial charge >= 0.3 is 0 Å². The Morgan fingerprint density at radius 1 is 1.47 bits per heavy atom. The van der Waals surface area contributed by atoms with Gasteiger partial charge in [0.2, 0.25) is 5.91 Å². The van der Waals surface area contributed by atoms with E-state index in [-0.39, 0.29) is 11.8 Å². The molecule has 3 N–H and O–H groups in total. The zero-order chi connectivity index (χ0) is 12.8. The smallest absolute Gasteiger partial charge is 0.222 e. The average Bonchev–Trinajstić information content (AvgIpc) is 2.30. The third-order valence-electron chi connectivity index (χ3n) is 3.54. The summed E-state index contributed by atoms with van der Waals surface area (Å²) in [5.74, 6) is 0.142. The molecule has 0 aromatic rings. The van der Waals surface area contributed by atoms with Crippen LogP contribution in [0.4, 0.5) is 0 Å². The molecule has 5 heteroatoms. The summed E-state index contributed by atoms with van der Waals surface area (Å²) in [5, 5.41) is 3.03. The van der Waals surface area contributed by atoms with Gasteiger partial charge < -0.3 is 16.0 Å². The minimum Gasteiger partial charge on any atom is -0.354 e. The van der Waals surface area contributed by atoms with E-state index in [1.165, 1.54) is 0 Å². The summed E-state index contributed by atoms with van der Waals surface area (Å²) in [6.45, 7) is 6.41. The van der Waals surface area contributed by atoms with Gasteiger partial charge in [0, 0.05) is 38.1 Å². The van der Waals surface area contributed by atoms with Gasteiger partial charge in [-0.05, 0) is 27.1 Å². The van der Waals surface area contributed by atoms with Crippen LogP contribution in [-0.2, 0) is 4.79 Å². The molecule has 100 valence electrons. The molecule has 0 radical (unpaired) electrons. The van der Waals surface area contributed by atoms with E-state index in [1.807, 2.05) is 6.92 Å². The number of amides is 1. The molecule has 17 heavy (non-hydrogen) atoms. The van der Waals surface area contributed by atoms with E-state index in [0.29, 0.717) is 12.6 Å². The van der Waals surface area contributed by atoms with Gasteiger partial charge in [0.25, 0.3) is 0 Å². The first kappa shape index (κ1) is 14.4. The molecule has 1 aliphatic rings. The SMILES string of the molecule is CC(CCN)C(=O)NCC1CN(C)CCN1C. The summed E-state index contributed by atoms with van der Waals surface area (Å²) >= 11 is 0. The van der Waals surface area contributed by atoms with Gasteiger partial charge in [-0.2, -0.15) is 0 Å². The van der Waals surface area contributed by atoms with Crippen molar-refractivity contribution in [3.05, 3.63) is 0 Å². The summed E-state index contributed by atoms with van der Waals surface area (Å²) in [4.78, 5) is 16.4. The Hall–Kier alpha value is -0.650. The van der Waals surface area contributed by atoms with Crippen molar-refractivity contribution in [2.75, 3.05) is 46.8 Å². The largest absolute Gasteiger partial charge is 0.354 e. The average molecular weight is 242 g/mol. The summed E-state index contributed by atoms with van der Waals surface area (Å²) < 4.78 is 0. The monoisotopic (exact) mass is 242 g/mol. The van der Waals surface area contributed by atoms with Gasteiger partial charge in [0.15, 0.2) is 0 Å². The van der Waals surface area contributed by atoms with E-state index in [9.17, 15) is 4.79 Å². The second-order valence-electron chi connectivity index (χ2n) is 5.12. The molecule has 0 aromatic heterocycles. The van der Waals surface area contributed by atoms with Crippen molar-refractivity contribution in [3.63, 3.8) is 0 Å². The number of nitrogens with zero attached hydrogens (tertiary/aromatic N) is 2. The van der Waals surface area contributed by atoms with E-state index in [0.717, 1.165) is 32.6 Å². The lowest BCUT2D eigenvalue weighted by Crippen LogP contribution is -2.54. The molecule has 1 amide bonds. The third-order valence-corrected chi connectivity index (χ3v) is 3.54. The summed E-state index contributed by atoms with van der Waals surface area (Å²) in [6.07, 6.45) is 0.756. The molecule has 1 heterocycles. The maximum absolute atomic E-state index is 11.8. The zero-order valence-electron chi connectivity index (χ0n) is 11.3. The summed E-state index contributed by atoms with van der Waals surface area (Å²) in [5.41, 5.74) is 5.45. The first-order valence-electron chi connectivity index (χ1n) is 6.41. The van der Waals surface area contributed by atoms with Crippen molar-refractivity contribution in [3.8, 4) is 0 Å². The summed E-state index contributed by atoms with van der Waals surface area (Å²) in [7, 11) is 4.24. The number of rotatable bonds is 5. The molecule has 2 atom stereocenters. The normalized spacial score (nSPS) is 24.6. The van der Waals surface area contributed by atoms with E-state index in [1.54, 1.807) is 0 Å². The van der Waals surface area contributed by atoms with Gasteiger partial charge in [-0.3, -0.25) is 9.69 Å². The maximum Gasteiger partial charge on any atom is 0.222 e.